The third-order valence-corrected chi connectivity index (χ3v) is 6.64. The van der Waals surface area contributed by atoms with Gasteiger partial charge < -0.3 is 30.2 Å². The van der Waals surface area contributed by atoms with Gasteiger partial charge in [0.25, 0.3) is 11.4 Å². The number of non-ortho nitro benzene ring substituents is 2. The van der Waals surface area contributed by atoms with Crippen molar-refractivity contribution >= 4 is 23.3 Å². The maximum Gasteiger partial charge on any atom is 0.323 e. The fourth-order valence-corrected chi connectivity index (χ4v) is 4.41. The summed E-state index contributed by atoms with van der Waals surface area (Å²) in [6, 6.07) is 7.31. The van der Waals surface area contributed by atoms with Gasteiger partial charge in [0.05, 0.1) is 16.4 Å². The van der Waals surface area contributed by atoms with E-state index in [0.717, 1.165) is 0 Å². The Bertz CT molecular complexity index is 1340. The second kappa shape index (κ2) is 14.6. The molecule has 0 aliphatic carbocycles. The van der Waals surface area contributed by atoms with E-state index in [2.05, 4.69) is 0 Å². The van der Waals surface area contributed by atoms with Gasteiger partial charge in [-0.15, -0.1) is 0 Å². The Labute approximate surface area is 240 Å². The lowest BCUT2D eigenvalue weighted by atomic mass is 10.1. The van der Waals surface area contributed by atoms with Crippen LogP contribution in [0.25, 0.3) is 0 Å². The summed E-state index contributed by atoms with van der Waals surface area (Å²) in [7, 11) is 0. The molecule has 0 amide bonds. The minimum Gasteiger partial charge on any atom is -0.508 e. The van der Waals surface area contributed by atoms with Crippen LogP contribution in [-0.4, -0.2) is 114 Å². The fourth-order valence-electron chi connectivity index (χ4n) is 4.41. The molecular formula is C26H32N6O10. The first kappa shape index (κ1) is 31.6. The molecule has 4 N–H and O–H groups in total. The molecule has 0 fully saturated rings. The van der Waals surface area contributed by atoms with Crippen molar-refractivity contribution in [1.29, 1.82) is 0 Å². The van der Waals surface area contributed by atoms with E-state index in [1.807, 2.05) is 4.90 Å². The standard InChI is InChI=1S/C26H32N6O10/c33-23-3-1-21(31(39)40)13-19(23)15-27-5-9-29(17-25(35)36)11-7-28(8-12-30(10-6-27)18-26(37)38)16-20-14-22(32(41)42)2-4-24(20)34/h1-5,9,13-14,33-34H,6-8,10-12,15-18H2,(H,35,36)(H,37,38)/b9-5-. The number of carboxylic acids is 2. The van der Waals surface area contributed by atoms with Crippen molar-refractivity contribution in [3.8, 4) is 11.5 Å². The highest BCUT2D eigenvalue weighted by atomic mass is 16.6. The molecule has 1 aliphatic heterocycles. The monoisotopic (exact) mass is 588 g/mol. The van der Waals surface area contributed by atoms with Gasteiger partial charge in [-0.2, -0.15) is 0 Å². The van der Waals surface area contributed by atoms with Crippen LogP contribution in [0.1, 0.15) is 11.1 Å². The summed E-state index contributed by atoms with van der Waals surface area (Å²) < 4.78 is 0. The normalized spacial score (nSPS) is 16.3. The highest BCUT2D eigenvalue weighted by molar-refractivity contribution is 5.69. The number of hydrogen-bond donors (Lipinski definition) is 4. The molecule has 0 atom stereocenters. The van der Waals surface area contributed by atoms with E-state index in [1.54, 1.807) is 16.0 Å². The van der Waals surface area contributed by atoms with Gasteiger partial charge in [-0.25, -0.2) is 0 Å². The molecule has 226 valence electrons. The Morgan fingerprint density at radius 3 is 1.67 bits per heavy atom. The molecule has 0 spiro atoms. The number of nitro benzene ring substituents is 2. The van der Waals surface area contributed by atoms with E-state index in [9.17, 15) is 50.2 Å². The highest BCUT2D eigenvalue weighted by Crippen LogP contribution is 2.26. The Kier molecular flexibility index (Phi) is 11.0. The topological polar surface area (TPSA) is 214 Å². The summed E-state index contributed by atoms with van der Waals surface area (Å²) in [4.78, 5) is 51.2. The largest absolute Gasteiger partial charge is 0.508 e. The maximum absolute atomic E-state index is 11.6. The molecule has 0 saturated carbocycles. The first-order valence-corrected chi connectivity index (χ1v) is 12.9. The number of nitrogens with zero attached hydrogens (tertiary/aromatic N) is 6. The minimum absolute atomic E-state index is 0.0318. The first-order valence-electron chi connectivity index (χ1n) is 12.9. The first-order chi connectivity index (χ1) is 19.9. The zero-order chi connectivity index (χ0) is 30.8. The van der Waals surface area contributed by atoms with Crippen molar-refractivity contribution in [2.75, 3.05) is 52.4 Å². The van der Waals surface area contributed by atoms with Crippen LogP contribution in [0.4, 0.5) is 11.4 Å². The van der Waals surface area contributed by atoms with Crippen LogP contribution in [0, 0.1) is 20.2 Å². The second-order valence-electron chi connectivity index (χ2n) is 9.72. The van der Waals surface area contributed by atoms with Crippen molar-refractivity contribution in [2.45, 2.75) is 13.1 Å². The Balaban J connectivity index is 1.89. The predicted octanol–water partition coefficient (Wildman–Crippen LogP) is 1.48. The van der Waals surface area contributed by atoms with Crippen molar-refractivity contribution in [2.24, 2.45) is 0 Å². The van der Waals surface area contributed by atoms with Crippen molar-refractivity contribution in [3.63, 3.8) is 0 Å². The quantitative estimate of drug-likeness (QED) is 0.229. The summed E-state index contributed by atoms with van der Waals surface area (Å²) in [5.41, 5.74) is 0.147. The predicted molar refractivity (Wildman–Crippen MR) is 148 cm³/mol. The van der Waals surface area contributed by atoms with E-state index in [-0.39, 0.29) is 87.3 Å². The third kappa shape index (κ3) is 9.60. The van der Waals surface area contributed by atoms with Crippen LogP contribution >= 0.6 is 0 Å². The van der Waals surface area contributed by atoms with Crippen LogP contribution in [0.3, 0.4) is 0 Å². The number of phenols is 2. The van der Waals surface area contributed by atoms with Gasteiger partial charge in [0.15, 0.2) is 0 Å². The molecule has 3 rings (SSSR count). The molecule has 42 heavy (non-hydrogen) atoms. The summed E-state index contributed by atoms with van der Waals surface area (Å²) >= 11 is 0. The van der Waals surface area contributed by atoms with Crippen molar-refractivity contribution in [3.05, 3.63) is 80.2 Å². The SMILES string of the molecule is O=C(O)CN1/C=C\N(Cc2cc([N+](=O)[O-])ccc2O)CCN(CC(=O)O)CCN(Cc2cc([N+](=O)[O-])ccc2O)CC1. The molecule has 16 nitrogen and oxygen atoms in total. The average Bonchev–Trinajstić information content (AvgIpc) is 2.91. The molecule has 1 heterocycles. The van der Waals surface area contributed by atoms with Gasteiger partial charge in [0.1, 0.15) is 18.0 Å². The lowest BCUT2D eigenvalue weighted by Gasteiger charge is -2.32. The second-order valence-corrected chi connectivity index (χ2v) is 9.72. The zero-order valence-electron chi connectivity index (χ0n) is 22.6. The molecule has 16 heteroatoms. The molecule has 2 aromatic rings. The number of carbonyl (C=O) groups is 2. The van der Waals surface area contributed by atoms with Crippen LogP contribution in [0.15, 0.2) is 48.8 Å². The number of phenolic OH excluding ortho intramolecular Hbond substituents is 2. The van der Waals surface area contributed by atoms with Gasteiger partial charge in [-0.3, -0.25) is 39.6 Å². The number of rotatable bonds is 10. The third-order valence-electron chi connectivity index (χ3n) is 6.64. The van der Waals surface area contributed by atoms with Gasteiger partial charge in [0.2, 0.25) is 0 Å². The molecule has 0 radical (unpaired) electrons. The van der Waals surface area contributed by atoms with Crippen LogP contribution in [0.2, 0.25) is 0 Å². The maximum atomic E-state index is 11.6. The fraction of sp³-hybridized carbons (Fsp3) is 0.385. The Hall–Kier alpha value is -4.96. The summed E-state index contributed by atoms with van der Waals surface area (Å²) in [6.07, 6.45) is 3.12. The van der Waals surface area contributed by atoms with E-state index in [4.69, 9.17) is 0 Å². The summed E-state index contributed by atoms with van der Waals surface area (Å²) in [6.45, 7) is 0.987. The number of nitro groups is 2. The molecular weight excluding hydrogens is 556 g/mol. The molecule has 2 aromatic carbocycles. The van der Waals surface area contributed by atoms with Crippen molar-refractivity contribution < 1.29 is 39.9 Å². The van der Waals surface area contributed by atoms with E-state index < -0.39 is 21.8 Å². The number of aromatic hydroxyl groups is 2. The number of carboxylic acid groups (broad SMARTS) is 2. The molecule has 0 saturated heterocycles. The van der Waals surface area contributed by atoms with Crippen LogP contribution in [-0.2, 0) is 22.7 Å². The minimum atomic E-state index is -1.09. The van der Waals surface area contributed by atoms with E-state index in [1.165, 1.54) is 47.5 Å². The van der Waals surface area contributed by atoms with Gasteiger partial charge in [0, 0.05) is 100 Å². The summed E-state index contributed by atoms with van der Waals surface area (Å²) in [5.74, 6) is -2.46. The molecule has 0 bridgehead atoms. The number of benzene rings is 2. The van der Waals surface area contributed by atoms with Gasteiger partial charge >= 0.3 is 11.9 Å². The molecule has 1 aliphatic rings. The lowest BCUT2D eigenvalue weighted by Crippen LogP contribution is -2.43. The smallest absolute Gasteiger partial charge is 0.323 e. The van der Waals surface area contributed by atoms with Crippen LogP contribution < -0.4 is 0 Å². The van der Waals surface area contributed by atoms with Crippen molar-refractivity contribution in [1.82, 2.24) is 19.6 Å². The van der Waals surface area contributed by atoms with E-state index in [0.29, 0.717) is 12.1 Å². The number of aliphatic carboxylic acids is 2. The van der Waals surface area contributed by atoms with Gasteiger partial charge in [-0.1, -0.05) is 0 Å². The van der Waals surface area contributed by atoms with Crippen LogP contribution in [0.5, 0.6) is 11.5 Å². The highest BCUT2D eigenvalue weighted by Gasteiger charge is 2.20. The van der Waals surface area contributed by atoms with Gasteiger partial charge in [-0.05, 0) is 12.1 Å². The molecule has 0 aromatic heterocycles. The average molecular weight is 589 g/mol. The van der Waals surface area contributed by atoms with E-state index >= 15 is 0 Å². The molecule has 0 unspecified atom stereocenters. The Morgan fingerprint density at radius 2 is 1.12 bits per heavy atom. The Morgan fingerprint density at radius 1 is 0.667 bits per heavy atom. The summed E-state index contributed by atoms with van der Waals surface area (Å²) in [5, 5.41) is 62.0. The lowest BCUT2D eigenvalue weighted by molar-refractivity contribution is -0.385. The number of hydrogen-bond acceptors (Lipinski definition) is 12. The zero-order valence-corrected chi connectivity index (χ0v) is 22.6.